The molecule has 0 fully saturated rings. The van der Waals surface area contributed by atoms with Crippen molar-refractivity contribution in [1.82, 2.24) is 15.2 Å². The summed E-state index contributed by atoms with van der Waals surface area (Å²) < 4.78 is 11.0. The van der Waals surface area contributed by atoms with Gasteiger partial charge in [0.25, 0.3) is 0 Å². The zero-order valence-corrected chi connectivity index (χ0v) is 17.6. The van der Waals surface area contributed by atoms with Gasteiger partial charge in [0.1, 0.15) is 12.4 Å². The summed E-state index contributed by atoms with van der Waals surface area (Å²) in [5, 5.41) is 10.1. The van der Waals surface area contributed by atoms with E-state index in [0.717, 1.165) is 28.1 Å². The van der Waals surface area contributed by atoms with Gasteiger partial charge in [-0.3, -0.25) is 9.69 Å². The quantitative estimate of drug-likeness (QED) is 0.433. The normalized spacial score (nSPS) is 10.8. The lowest BCUT2D eigenvalue weighted by Gasteiger charge is -2.21. The maximum absolute atomic E-state index is 12.4. The molecular formula is C22H20N4O3S. The van der Waals surface area contributed by atoms with Gasteiger partial charge < -0.3 is 9.15 Å². The lowest BCUT2D eigenvalue weighted by atomic mass is 10.1. The van der Waals surface area contributed by atoms with Crippen LogP contribution >= 0.6 is 11.3 Å². The van der Waals surface area contributed by atoms with Crippen molar-refractivity contribution >= 4 is 28.1 Å². The molecule has 4 rings (SSSR count). The van der Waals surface area contributed by atoms with Crippen molar-refractivity contribution in [2.24, 2.45) is 0 Å². The number of benzene rings is 2. The molecule has 2 heterocycles. The molecule has 152 valence electrons. The summed E-state index contributed by atoms with van der Waals surface area (Å²) in [7, 11) is 0. The summed E-state index contributed by atoms with van der Waals surface area (Å²) in [5.74, 6) is 1.08. The summed E-state index contributed by atoms with van der Waals surface area (Å²) in [6.07, 6.45) is 1.29. The fourth-order valence-electron chi connectivity index (χ4n) is 3.00. The Hall–Kier alpha value is -3.52. The molecular weight excluding hydrogens is 400 g/mol. The highest BCUT2D eigenvalue weighted by molar-refractivity contribution is 7.14. The Kier molecular flexibility index (Phi) is 5.58. The topological polar surface area (TPSA) is 81.4 Å². The Bertz CT molecular complexity index is 1150. The third-order valence-electron chi connectivity index (χ3n) is 4.71. The second-order valence-corrected chi connectivity index (χ2v) is 7.59. The average molecular weight is 420 g/mol. The van der Waals surface area contributed by atoms with E-state index in [1.807, 2.05) is 61.7 Å². The van der Waals surface area contributed by atoms with Gasteiger partial charge in [-0.15, -0.1) is 21.5 Å². The van der Waals surface area contributed by atoms with Crippen LogP contribution in [0.5, 0.6) is 5.75 Å². The predicted octanol–water partition coefficient (Wildman–Crippen LogP) is 5.07. The summed E-state index contributed by atoms with van der Waals surface area (Å²) >= 11 is 1.42. The van der Waals surface area contributed by atoms with E-state index < -0.39 is 0 Å². The third-order valence-corrected chi connectivity index (χ3v) is 5.59. The largest absolute Gasteiger partial charge is 0.487 e. The fraction of sp³-hybridized carbons (Fsp3) is 0.182. The van der Waals surface area contributed by atoms with E-state index in [9.17, 15) is 4.79 Å². The van der Waals surface area contributed by atoms with E-state index in [4.69, 9.17) is 9.15 Å². The number of amides is 1. The smallest absolute Gasteiger partial charge is 0.247 e. The highest BCUT2D eigenvalue weighted by Gasteiger charge is 2.20. The van der Waals surface area contributed by atoms with Crippen LogP contribution in [0.2, 0.25) is 0 Å². The van der Waals surface area contributed by atoms with Crippen LogP contribution < -0.4 is 9.64 Å². The van der Waals surface area contributed by atoms with E-state index in [2.05, 4.69) is 15.2 Å². The molecule has 0 radical (unpaired) electrons. The molecule has 30 heavy (non-hydrogen) atoms. The Balaban J connectivity index is 1.48. The van der Waals surface area contributed by atoms with Crippen molar-refractivity contribution in [3.05, 3.63) is 71.1 Å². The Morgan fingerprint density at radius 3 is 2.67 bits per heavy atom. The molecule has 4 aromatic rings. The van der Waals surface area contributed by atoms with Gasteiger partial charge in [0, 0.05) is 17.9 Å². The van der Waals surface area contributed by atoms with Crippen LogP contribution in [0.15, 0.2) is 58.7 Å². The number of rotatable bonds is 6. The third kappa shape index (κ3) is 4.08. The molecule has 0 aliphatic rings. The number of thiazole rings is 1. The van der Waals surface area contributed by atoms with Gasteiger partial charge in [0.2, 0.25) is 18.2 Å². The number of aryl methyl sites for hydroxylation is 1. The average Bonchev–Trinajstić information content (AvgIpc) is 3.43. The molecule has 8 heteroatoms. The van der Waals surface area contributed by atoms with Crippen LogP contribution in [-0.4, -0.2) is 21.1 Å². The van der Waals surface area contributed by atoms with Gasteiger partial charge in [-0.25, -0.2) is 4.98 Å². The standard InChI is InChI=1S/C22H20N4O3S/c1-14-5-4-6-20(15(14)2)26(16(3)27)22-24-18(12-30-22)11-28-19-9-7-17(8-10-19)21-25-23-13-29-21/h4-10,12-13H,11H2,1-3H3. The van der Waals surface area contributed by atoms with Crippen LogP contribution in [-0.2, 0) is 11.4 Å². The Labute approximate surface area is 178 Å². The number of hydrogen-bond acceptors (Lipinski definition) is 7. The first-order chi connectivity index (χ1) is 14.5. The number of anilines is 2. The van der Waals surface area contributed by atoms with Gasteiger partial charge in [-0.2, -0.15) is 0 Å². The molecule has 0 saturated carbocycles. The molecule has 0 aliphatic heterocycles. The number of carbonyl (C=O) groups excluding carboxylic acids is 1. The number of carbonyl (C=O) groups is 1. The molecule has 0 bridgehead atoms. The van der Waals surface area contributed by atoms with Crippen LogP contribution in [0.3, 0.4) is 0 Å². The molecule has 0 aliphatic carbocycles. The number of nitrogens with zero attached hydrogens (tertiary/aromatic N) is 4. The minimum absolute atomic E-state index is 0.0814. The highest BCUT2D eigenvalue weighted by atomic mass is 32.1. The summed E-state index contributed by atoms with van der Waals surface area (Å²) in [5.41, 5.74) is 4.61. The Morgan fingerprint density at radius 2 is 1.97 bits per heavy atom. The zero-order valence-electron chi connectivity index (χ0n) is 16.8. The summed E-state index contributed by atoms with van der Waals surface area (Å²) in [6.45, 7) is 5.89. The van der Waals surface area contributed by atoms with Gasteiger partial charge >= 0.3 is 0 Å². The number of ether oxygens (including phenoxy) is 1. The maximum atomic E-state index is 12.4. The monoisotopic (exact) mass is 420 g/mol. The number of aromatic nitrogens is 3. The first-order valence-electron chi connectivity index (χ1n) is 9.33. The molecule has 0 atom stereocenters. The minimum Gasteiger partial charge on any atom is -0.487 e. The van der Waals surface area contributed by atoms with Crippen LogP contribution in [0, 0.1) is 13.8 Å². The van der Waals surface area contributed by atoms with Crippen LogP contribution in [0.1, 0.15) is 23.7 Å². The minimum atomic E-state index is -0.0814. The van der Waals surface area contributed by atoms with Crippen molar-refractivity contribution < 1.29 is 13.9 Å². The maximum Gasteiger partial charge on any atom is 0.247 e. The van der Waals surface area contributed by atoms with Crippen LogP contribution in [0.25, 0.3) is 11.5 Å². The van der Waals surface area contributed by atoms with Crippen molar-refractivity contribution in [2.45, 2.75) is 27.4 Å². The summed E-state index contributed by atoms with van der Waals surface area (Å²) in [4.78, 5) is 18.6. The molecule has 2 aromatic carbocycles. The second-order valence-electron chi connectivity index (χ2n) is 6.75. The van der Waals surface area contributed by atoms with E-state index in [-0.39, 0.29) is 5.91 Å². The first kappa shape index (κ1) is 19.8. The van der Waals surface area contributed by atoms with E-state index in [1.54, 1.807) is 11.8 Å². The predicted molar refractivity (Wildman–Crippen MR) is 115 cm³/mol. The zero-order chi connectivity index (χ0) is 21.1. The number of hydrogen-bond donors (Lipinski definition) is 0. The molecule has 0 spiro atoms. The van der Waals surface area contributed by atoms with Gasteiger partial charge in [-0.1, -0.05) is 12.1 Å². The lowest BCUT2D eigenvalue weighted by Crippen LogP contribution is -2.23. The molecule has 0 N–H and O–H groups in total. The van der Waals surface area contributed by atoms with Gasteiger partial charge in [0.05, 0.1) is 11.4 Å². The molecule has 0 unspecified atom stereocenters. The van der Waals surface area contributed by atoms with E-state index >= 15 is 0 Å². The van der Waals surface area contributed by atoms with Gasteiger partial charge in [0.15, 0.2) is 5.13 Å². The van der Waals surface area contributed by atoms with Crippen LogP contribution in [0.4, 0.5) is 10.8 Å². The van der Waals surface area contributed by atoms with Crippen molar-refractivity contribution in [1.29, 1.82) is 0 Å². The van der Waals surface area contributed by atoms with Gasteiger partial charge in [-0.05, 0) is 55.3 Å². The second kappa shape index (κ2) is 8.46. The molecule has 1 amide bonds. The lowest BCUT2D eigenvalue weighted by molar-refractivity contribution is -0.115. The van der Waals surface area contributed by atoms with E-state index in [1.165, 1.54) is 17.7 Å². The first-order valence-corrected chi connectivity index (χ1v) is 10.2. The fourth-order valence-corrected chi connectivity index (χ4v) is 3.86. The molecule has 7 nitrogen and oxygen atoms in total. The van der Waals surface area contributed by atoms with Crippen molar-refractivity contribution in [2.75, 3.05) is 4.90 Å². The molecule has 0 saturated heterocycles. The highest BCUT2D eigenvalue weighted by Crippen LogP contribution is 2.32. The van der Waals surface area contributed by atoms with Crippen molar-refractivity contribution in [3.8, 4) is 17.2 Å². The summed E-state index contributed by atoms with van der Waals surface area (Å²) in [6, 6.07) is 13.3. The SMILES string of the molecule is CC(=O)N(c1nc(COc2ccc(-c3nnco3)cc2)cs1)c1cccc(C)c1C. The Morgan fingerprint density at radius 1 is 1.17 bits per heavy atom. The van der Waals surface area contributed by atoms with Crippen molar-refractivity contribution in [3.63, 3.8) is 0 Å². The van der Waals surface area contributed by atoms with E-state index in [0.29, 0.717) is 23.4 Å². The molecule has 2 aromatic heterocycles.